The van der Waals surface area contributed by atoms with Crippen LogP contribution in [0.25, 0.3) is 0 Å². The first-order valence-corrected chi connectivity index (χ1v) is 9.13. The quantitative estimate of drug-likeness (QED) is 0.683. The molecule has 0 saturated carbocycles. The molecule has 0 fully saturated rings. The number of unbranched alkanes of at least 4 members (excludes halogenated alkanes) is 1. The molecule has 134 valence electrons. The van der Waals surface area contributed by atoms with Gasteiger partial charge in [-0.2, -0.15) is 0 Å². The first-order valence-electron chi connectivity index (χ1n) is 9.13. The number of fused-ring (bicyclic) bond motifs is 1. The van der Waals surface area contributed by atoms with Crippen LogP contribution in [0.1, 0.15) is 30.5 Å². The van der Waals surface area contributed by atoms with Crippen LogP contribution in [0, 0.1) is 5.82 Å². The van der Waals surface area contributed by atoms with Crippen LogP contribution in [0.2, 0.25) is 0 Å². The van der Waals surface area contributed by atoms with E-state index in [2.05, 4.69) is 22.8 Å². The van der Waals surface area contributed by atoms with Gasteiger partial charge >= 0.3 is 0 Å². The zero-order valence-corrected chi connectivity index (χ0v) is 14.6. The Morgan fingerprint density at radius 1 is 1.08 bits per heavy atom. The van der Waals surface area contributed by atoms with Gasteiger partial charge in [0.15, 0.2) is 0 Å². The van der Waals surface area contributed by atoms with Gasteiger partial charge in [0.25, 0.3) is 0 Å². The van der Waals surface area contributed by atoms with Gasteiger partial charge in [-0.05, 0) is 74.5 Å². The Kier molecular flexibility index (Phi) is 6.63. The number of benzene rings is 1. The Balaban J connectivity index is 1.25. The SMILES string of the molecule is Fc1ccc(OCCNCCCCc2ccc3c(n2)NCCC3)cc1. The van der Waals surface area contributed by atoms with Crippen LogP contribution in [-0.2, 0) is 12.8 Å². The summed E-state index contributed by atoms with van der Waals surface area (Å²) >= 11 is 0. The third-order valence-electron chi connectivity index (χ3n) is 4.35. The molecule has 3 rings (SSSR count). The van der Waals surface area contributed by atoms with Gasteiger partial charge < -0.3 is 15.4 Å². The Morgan fingerprint density at radius 3 is 2.84 bits per heavy atom. The fraction of sp³-hybridized carbons (Fsp3) is 0.450. The maximum absolute atomic E-state index is 12.8. The average molecular weight is 343 g/mol. The molecule has 1 aromatic heterocycles. The highest BCUT2D eigenvalue weighted by atomic mass is 19.1. The summed E-state index contributed by atoms with van der Waals surface area (Å²) in [6.07, 6.45) is 5.59. The number of rotatable bonds is 9. The highest BCUT2D eigenvalue weighted by molar-refractivity contribution is 5.46. The highest BCUT2D eigenvalue weighted by Gasteiger charge is 2.09. The molecule has 0 saturated heterocycles. The van der Waals surface area contributed by atoms with Crippen LogP contribution in [-0.4, -0.2) is 31.2 Å². The van der Waals surface area contributed by atoms with E-state index >= 15 is 0 Å². The summed E-state index contributed by atoms with van der Waals surface area (Å²) in [6.45, 7) is 3.38. The molecule has 0 amide bonds. The standard InChI is InChI=1S/C20H26FN3O/c21-17-7-10-19(11-8-17)25-15-14-22-12-2-1-5-18-9-6-16-4-3-13-23-20(16)24-18/h6-11,22H,1-5,12-15H2,(H,23,24). The molecular weight excluding hydrogens is 317 g/mol. The summed E-state index contributed by atoms with van der Waals surface area (Å²) in [7, 11) is 0. The number of aryl methyl sites for hydroxylation is 2. The lowest BCUT2D eigenvalue weighted by Gasteiger charge is -2.17. The fourth-order valence-electron chi connectivity index (χ4n) is 2.96. The van der Waals surface area contributed by atoms with Crippen molar-refractivity contribution in [2.45, 2.75) is 32.1 Å². The summed E-state index contributed by atoms with van der Waals surface area (Å²) in [6, 6.07) is 10.5. The lowest BCUT2D eigenvalue weighted by atomic mass is 10.1. The Morgan fingerprint density at radius 2 is 1.96 bits per heavy atom. The topological polar surface area (TPSA) is 46.2 Å². The molecule has 0 unspecified atom stereocenters. The van der Waals surface area contributed by atoms with Gasteiger partial charge in [0, 0.05) is 18.8 Å². The van der Waals surface area contributed by atoms with E-state index in [1.54, 1.807) is 12.1 Å². The summed E-state index contributed by atoms with van der Waals surface area (Å²) < 4.78 is 18.3. The molecule has 1 aliphatic rings. The summed E-state index contributed by atoms with van der Waals surface area (Å²) in [5, 5.41) is 6.76. The second-order valence-electron chi connectivity index (χ2n) is 6.35. The van der Waals surface area contributed by atoms with Gasteiger partial charge in [-0.3, -0.25) is 0 Å². The minimum absolute atomic E-state index is 0.241. The largest absolute Gasteiger partial charge is 0.492 e. The maximum Gasteiger partial charge on any atom is 0.129 e. The molecule has 0 aliphatic carbocycles. The molecule has 25 heavy (non-hydrogen) atoms. The third kappa shape index (κ3) is 5.71. The molecule has 2 aromatic rings. The summed E-state index contributed by atoms with van der Waals surface area (Å²) in [5.41, 5.74) is 2.52. The number of hydrogen-bond donors (Lipinski definition) is 2. The van der Waals surface area contributed by atoms with Crippen molar-refractivity contribution in [3.05, 3.63) is 53.5 Å². The smallest absolute Gasteiger partial charge is 0.129 e. The Labute approximate surface area is 148 Å². The van der Waals surface area contributed by atoms with E-state index in [-0.39, 0.29) is 5.82 Å². The lowest BCUT2D eigenvalue weighted by Crippen LogP contribution is -2.22. The number of halogens is 1. The van der Waals surface area contributed by atoms with Gasteiger partial charge in [-0.1, -0.05) is 6.07 Å². The zero-order valence-electron chi connectivity index (χ0n) is 14.6. The molecule has 1 aromatic carbocycles. The minimum atomic E-state index is -0.241. The van der Waals surface area contributed by atoms with Gasteiger partial charge in [0.2, 0.25) is 0 Å². The van der Waals surface area contributed by atoms with Gasteiger partial charge in [0.1, 0.15) is 24.0 Å². The van der Waals surface area contributed by atoms with Crippen LogP contribution in [0.5, 0.6) is 5.75 Å². The van der Waals surface area contributed by atoms with Crippen molar-refractivity contribution in [2.24, 2.45) is 0 Å². The average Bonchev–Trinajstić information content (AvgIpc) is 2.65. The molecule has 2 N–H and O–H groups in total. The van der Waals surface area contributed by atoms with Crippen LogP contribution >= 0.6 is 0 Å². The van der Waals surface area contributed by atoms with E-state index in [0.717, 1.165) is 51.1 Å². The van der Waals surface area contributed by atoms with E-state index in [0.29, 0.717) is 12.4 Å². The lowest BCUT2D eigenvalue weighted by molar-refractivity contribution is 0.313. The number of aromatic nitrogens is 1. The molecule has 4 nitrogen and oxygen atoms in total. The molecule has 0 bridgehead atoms. The van der Waals surface area contributed by atoms with Crippen molar-refractivity contribution in [1.29, 1.82) is 0 Å². The van der Waals surface area contributed by atoms with Crippen LogP contribution in [0.4, 0.5) is 10.2 Å². The molecule has 0 radical (unpaired) electrons. The first-order chi connectivity index (χ1) is 12.3. The van der Waals surface area contributed by atoms with E-state index in [9.17, 15) is 4.39 Å². The first kappa shape index (κ1) is 17.7. The third-order valence-corrected chi connectivity index (χ3v) is 4.35. The number of nitrogens with zero attached hydrogens (tertiary/aromatic N) is 1. The van der Waals surface area contributed by atoms with Gasteiger partial charge in [0.05, 0.1) is 0 Å². The monoisotopic (exact) mass is 343 g/mol. The van der Waals surface area contributed by atoms with Crippen LogP contribution in [0.15, 0.2) is 36.4 Å². The van der Waals surface area contributed by atoms with Crippen molar-refractivity contribution in [2.75, 3.05) is 31.6 Å². The highest BCUT2D eigenvalue weighted by Crippen LogP contribution is 2.20. The van der Waals surface area contributed by atoms with E-state index in [1.165, 1.54) is 29.8 Å². The molecular formula is C20H26FN3O. The molecule has 2 heterocycles. The Bertz CT molecular complexity index is 660. The van der Waals surface area contributed by atoms with E-state index < -0.39 is 0 Å². The summed E-state index contributed by atoms with van der Waals surface area (Å²) in [4.78, 5) is 4.72. The number of ether oxygens (including phenoxy) is 1. The predicted molar refractivity (Wildman–Crippen MR) is 98.8 cm³/mol. The fourth-order valence-corrected chi connectivity index (χ4v) is 2.96. The molecule has 0 spiro atoms. The van der Waals surface area contributed by atoms with Crippen molar-refractivity contribution in [3.8, 4) is 5.75 Å². The Hall–Kier alpha value is -2.14. The number of nitrogens with one attached hydrogen (secondary N) is 2. The van der Waals surface area contributed by atoms with E-state index in [4.69, 9.17) is 9.72 Å². The van der Waals surface area contributed by atoms with Crippen molar-refractivity contribution < 1.29 is 9.13 Å². The number of hydrogen-bond acceptors (Lipinski definition) is 4. The second kappa shape index (κ2) is 9.37. The zero-order chi connectivity index (χ0) is 17.3. The minimum Gasteiger partial charge on any atom is -0.492 e. The maximum atomic E-state index is 12.8. The molecule has 5 heteroatoms. The number of pyridine rings is 1. The second-order valence-corrected chi connectivity index (χ2v) is 6.35. The summed E-state index contributed by atoms with van der Waals surface area (Å²) in [5.74, 6) is 1.55. The van der Waals surface area contributed by atoms with E-state index in [1.807, 2.05) is 0 Å². The van der Waals surface area contributed by atoms with Crippen LogP contribution in [0.3, 0.4) is 0 Å². The van der Waals surface area contributed by atoms with Crippen molar-refractivity contribution in [1.82, 2.24) is 10.3 Å². The number of anilines is 1. The predicted octanol–water partition coefficient (Wildman–Crippen LogP) is 3.57. The van der Waals surface area contributed by atoms with Crippen molar-refractivity contribution >= 4 is 5.82 Å². The normalized spacial score (nSPS) is 13.2. The molecule has 1 aliphatic heterocycles. The van der Waals surface area contributed by atoms with Gasteiger partial charge in [-0.15, -0.1) is 0 Å². The van der Waals surface area contributed by atoms with Crippen LogP contribution < -0.4 is 15.4 Å². The van der Waals surface area contributed by atoms with Gasteiger partial charge in [-0.25, -0.2) is 9.37 Å². The van der Waals surface area contributed by atoms with Crippen molar-refractivity contribution in [3.63, 3.8) is 0 Å². The molecule has 0 atom stereocenters.